The summed E-state index contributed by atoms with van der Waals surface area (Å²) in [5.41, 5.74) is -0.193. The molecule has 9 heteroatoms. The minimum atomic E-state index is -0.513. The number of nitro groups is 1. The summed E-state index contributed by atoms with van der Waals surface area (Å²) in [6, 6.07) is 4.57. The van der Waals surface area contributed by atoms with Gasteiger partial charge in [0.2, 0.25) is 0 Å². The van der Waals surface area contributed by atoms with Gasteiger partial charge < -0.3 is 15.0 Å². The zero-order valence-corrected chi connectivity index (χ0v) is 18.3. The molecular formula is C21H27ClN4O4. The Bertz CT molecular complexity index is 892. The van der Waals surface area contributed by atoms with Crippen molar-refractivity contribution in [3.05, 3.63) is 32.8 Å². The van der Waals surface area contributed by atoms with Crippen molar-refractivity contribution in [2.45, 2.75) is 52.1 Å². The number of carbonyl (C=O) groups is 1. The Labute approximate surface area is 181 Å². The number of carbonyl (C=O) groups excluding carboxylic acids is 1. The van der Waals surface area contributed by atoms with Crippen LogP contribution in [-0.2, 0) is 4.74 Å². The lowest BCUT2D eigenvalue weighted by Crippen LogP contribution is -2.42. The lowest BCUT2D eigenvalue weighted by molar-refractivity contribution is -0.383. The van der Waals surface area contributed by atoms with Gasteiger partial charge in [-0.2, -0.15) is 5.26 Å². The maximum absolute atomic E-state index is 12.4. The predicted molar refractivity (Wildman–Crippen MR) is 114 cm³/mol. The summed E-state index contributed by atoms with van der Waals surface area (Å²) >= 11 is 5.94. The number of nitrogens with zero attached hydrogens (tertiary/aromatic N) is 3. The number of benzene rings is 1. The number of halogens is 1. The summed E-state index contributed by atoms with van der Waals surface area (Å²) in [4.78, 5) is 25.1. The van der Waals surface area contributed by atoms with Crippen molar-refractivity contribution >= 4 is 29.1 Å². The number of rotatable bonds is 5. The van der Waals surface area contributed by atoms with Gasteiger partial charge in [0.05, 0.1) is 22.1 Å². The van der Waals surface area contributed by atoms with Crippen molar-refractivity contribution in [3.8, 4) is 6.07 Å². The highest BCUT2D eigenvalue weighted by Crippen LogP contribution is 2.41. The van der Waals surface area contributed by atoms with E-state index >= 15 is 0 Å². The Morgan fingerprint density at radius 1 is 1.47 bits per heavy atom. The highest BCUT2D eigenvalue weighted by atomic mass is 35.5. The fourth-order valence-electron chi connectivity index (χ4n) is 4.44. The third-order valence-electron chi connectivity index (χ3n) is 5.60. The minimum absolute atomic E-state index is 0.00780. The molecule has 1 aliphatic heterocycles. The Balaban J connectivity index is 1.69. The standard InChI is InChI=1S/C21H27ClN4O4/c1-20(2,3)12-25-13-21(30-19(25)27)6-4-5-14(9-21)11-24-17-7-15(10-23)16(22)8-18(17)26(28)29/h7-8,14,24H,4-6,9,11-13H2,1-3H3. The SMILES string of the molecule is CC(C)(C)CN1CC2(CCCC(CNc3cc(C#N)c(Cl)cc3[N+](=O)[O-])C2)OC1=O. The molecule has 1 aromatic rings. The van der Waals surface area contributed by atoms with E-state index in [1.165, 1.54) is 12.1 Å². The number of hydrogen-bond donors (Lipinski definition) is 1. The van der Waals surface area contributed by atoms with Crippen LogP contribution in [0.3, 0.4) is 0 Å². The fourth-order valence-corrected chi connectivity index (χ4v) is 4.64. The van der Waals surface area contributed by atoms with E-state index in [0.29, 0.717) is 26.1 Å². The van der Waals surface area contributed by atoms with Crippen LogP contribution in [0, 0.1) is 32.8 Å². The molecule has 3 rings (SSSR count). The first-order valence-electron chi connectivity index (χ1n) is 10.1. The maximum atomic E-state index is 12.4. The lowest BCUT2D eigenvalue weighted by atomic mass is 9.77. The number of ether oxygens (including phenoxy) is 1. The number of nitrogens with one attached hydrogen (secondary N) is 1. The summed E-state index contributed by atoms with van der Waals surface area (Å²) in [6.07, 6.45) is 3.15. The highest BCUT2D eigenvalue weighted by Gasteiger charge is 2.48. The van der Waals surface area contributed by atoms with Crippen LogP contribution in [0.4, 0.5) is 16.2 Å². The van der Waals surface area contributed by atoms with E-state index in [1.54, 1.807) is 4.90 Å². The number of nitro benzene ring substituents is 1. The molecule has 1 amide bonds. The first-order chi connectivity index (χ1) is 14.0. The normalized spacial score (nSPS) is 23.9. The largest absolute Gasteiger partial charge is 0.441 e. The van der Waals surface area contributed by atoms with Crippen molar-refractivity contribution in [2.75, 3.05) is 25.0 Å². The number of anilines is 1. The molecule has 2 fully saturated rings. The minimum Gasteiger partial charge on any atom is -0.441 e. The molecule has 162 valence electrons. The molecular weight excluding hydrogens is 408 g/mol. The lowest BCUT2D eigenvalue weighted by Gasteiger charge is -2.36. The van der Waals surface area contributed by atoms with E-state index in [2.05, 4.69) is 26.1 Å². The van der Waals surface area contributed by atoms with Crippen molar-refractivity contribution in [1.29, 1.82) is 5.26 Å². The number of nitriles is 1. The van der Waals surface area contributed by atoms with Crippen LogP contribution in [-0.4, -0.2) is 41.2 Å². The molecule has 8 nitrogen and oxygen atoms in total. The van der Waals surface area contributed by atoms with Crippen LogP contribution in [0.15, 0.2) is 12.1 Å². The topological polar surface area (TPSA) is 108 Å². The predicted octanol–water partition coefficient (Wildman–Crippen LogP) is 4.96. The quantitative estimate of drug-likeness (QED) is 0.518. The Hall–Kier alpha value is -2.53. The summed E-state index contributed by atoms with van der Waals surface area (Å²) in [6.45, 7) is 7.99. The van der Waals surface area contributed by atoms with Gasteiger partial charge in [-0.3, -0.25) is 10.1 Å². The van der Waals surface area contributed by atoms with Crippen molar-refractivity contribution < 1.29 is 14.5 Å². The molecule has 1 saturated heterocycles. The van der Waals surface area contributed by atoms with Gasteiger partial charge in [-0.25, -0.2) is 4.79 Å². The van der Waals surface area contributed by atoms with E-state index in [-0.39, 0.29) is 39.4 Å². The average Bonchev–Trinajstić information content (AvgIpc) is 2.92. The molecule has 30 heavy (non-hydrogen) atoms. The molecule has 0 radical (unpaired) electrons. The van der Waals surface area contributed by atoms with Crippen LogP contribution in [0.1, 0.15) is 52.0 Å². The van der Waals surface area contributed by atoms with E-state index in [0.717, 1.165) is 19.3 Å². The van der Waals surface area contributed by atoms with Gasteiger partial charge in [-0.05, 0) is 43.1 Å². The second kappa shape index (κ2) is 8.31. The molecule has 1 aromatic carbocycles. The maximum Gasteiger partial charge on any atom is 0.410 e. The fraction of sp³-hybridized carbons (Fsp3) is 0.619. The molecule has 1 aliphatic carbocycles. The zero-order valence-electron chi connectivity index (χ0n) is 17.5. The Morgan fingerprint density at radius 3 is 2.83 bits per heavy atom. The Morgan fingerprint density at radius 2 is 2.20 bits per heavy atom. The average molecular weight is 435 g/mol. The highest BCUT2D eigenvalue weighted by molar-refractivity contribution is 6.32. The van der Waals surface area contributed by atoms with Crippen molar-refractivity contribution in [3.63, 3.8) is 0 Å². The summed E-state index contributed by atoms with van der Waals surface area (Å²) < 4.78 is 5.84. The summed E-state index contributed by atoms with van der Waals surface area (Å²) in [5.74, 6) is 0.196. The molecule has 0 aromatic heterocycles. The van der Waals surface area contributed by atoms with Gasteiger partial charge in [0.25, 0.3) is 5.69 Å². The smallest absolute Gasteiger partial charge is 0.410 e. The van der Waals surface area contributed by atoms with Gasteiger partial charge >= 0.3 is 6.09 Å². The molecule has 1 N–H and O–H groups in total. The first kappa shape index (κ1) is 22.2. The molecule has 2 unspecified atom stereocenters. The van der Waals surface area contributed by atoms with Crippen LogP contribution in [0.25, 0.3) is 0 Å². The second-order valence-electron chi connectivity index (χ2n) is 9.53. The molecule has 2 atom stereocenters. The van der Waals surface area contributed by atoms with Crippen LogP contribution in [0.2, 0.25) is 5.02 Å². The van der Waals surface area contributed by atoms with Crippen LogP contribution >= 0.6 is 11.6 Å². The van der Waals surface area contributed by atoms with Crippen molar-refractivity contribution in [2.24, 2.45) is 11.3 Å². The van der Waals surface area contributed by atoms with E-state index in [9.17, 15) is 20.2 Å². The molecule has 2 aliphatic rings. The third-order valence-corrected chi connectivity index (χ3v) is 5.91. The van der Waals surface area contributed by atoms with Gasteiger partial charge in [0.15, 0.2) is 0 Å². The van der Waals surface area contributed by atoms with E-state index < -0.39 is 10.5 Å². The summed E-state index contributed by atoms with van der Waals surface area (Å²) in [5, 5.41) is 23.7. The zero-order chi connectivity index (χ0) is 22.1. The van der Waals surface area contributed by atoms with Crippen LogP contribution < -0.4 is 5.32 Å². The summed E-state index contributed by atoms with van der Waals surface area (Å²) in [7, 11) is 0. The van der Waals surface area contributed by atoms with Gasteiger partial charge in [-0.15, -0.1) is 0 Å². The molecule has 1 spiro atoms. The van der Waals surface area contributed by atoms with Crippen molar-refractivity contribution in [1.82, 2.24) is 4.90 Å². The van der Waals surface area contributed by atoms with Gasteiger partial charge in [0.1, 0.15) is 17.4 Å². The molecule has 1 heterocycles. The monoisotopic (exact) mass is 434 g/mol. The van der Waals surface area contributed by atoms with Crippen LogP contribution in [0.5, 0.6) is 0 Å². The Kier molecular flexibility index (Phi) is 6.14. The third kappa shape index (κ3) is 4.96. The van der Waals surface area contributed by atoms with E-state index in [1.807, 2.05) is 6.07 Å². The van der Waals surface area contributed by atoms with E-state index in [4.69, 9.17) is 16.3 Å². The first-order valence-corrected chi connectivity index (χ1v) is 10.5. The van der Waals surface area contributed by atoms with Gasteiger partial charge in [-0.1, -0.05) is 32.4 Å². The van der Waals surface area contributed by atoms with Gasteiger partial charge in [0, 0.05) is 19.2 Å². The second-order valence-corrected chi connectivity index (χ2v) is 9.94. The molecule has 1 saturated carbocycles. The number of amides is 1. The number of hydrogen-bond acceptors (Lipinski definition) is 6. The molecule has 0 bridgehead atoms.